The zero-order chi connectivity index (χ0) is 69.4. The molecule has 0 aromatic carbocycles. The third-order valence-electron chi connectivity index (χ3n) is 17.4. The lowest BCUT2D eigenvalue weighted by Gasteiger charge is -2.21. The van der Waals surface area contributed by atoms with Gasteiger partial charge in [-0.05, 0) is 43.4 Å². The fourth-order valence-electron chi connectivity index (χ4n) is 11.4. The molecule has 94 heavy (non-hydrogen) atoms. The highest BCUT2D eigenvalue weighted by Crippen LogP contribution is 2.45. The van der Waals surface area contributed by atoms with Crippen LogP contribution >= 0.6 is 15.6 Å². The van der Waals surface area contributed by atoms with Crippen molar-refractivity contribution in [2.24, 2.45) is 17.8 Å². The molecule has 0 bridgehead atoms. The maximum Gasteiger partial charge on any atom is 0.472 e. The van der Waals surface area contributed by atoms with E-state index in [4.69, 9.17) is 37.0 Å². The van der Waals surface area contributed by atoms with Crippen LogP contribution in [0.2, 0.25) is 0 Å². The third kappa shape index (κ3) is 68.6. The zero-order valence-corrected chi connectivity index (χ0v) is 63.2. The standard InChI is InChI=1S/C75H146O17P2/c1-8-9-10-11-12-13-14-15-16-17-18-21-29-37-44-51-58-74(79)91-70(62-85-72(77)56-49-42-35-28-22-19-20-25-32-39-46-53-66(2)3)64-89-93(81,82)87-60-69(76)61-88-94(83,84)90-65-71(92-75(80)59-52-45-38-31-24-27-34-41-48-55-68(6)7)63-86-73(78)57-50-43-36-30-23-26-33-40-47-54-67(4)5/h66-71,76H,8-65H2,1-7H3,(H,81,82)(H,83,84)/t69-,70-,71-/m1/s1. The van der Waals surface area contributed by atoms with Crippen LogP contribution in [0.25, 0.3) is 0 Å². The molecule has 0 aliphatic rings. The number of ether oxygens (including phenoxy) is 4. The van der Waals surface area contributed by atoms with Gasteiger partial charge in [-0.1, -0.05) is 331 Å². The van der Waals surface area contributed by atoms with Gasteiger partial charge in [0.25, 0.3) is 0 Å². The Morgan fingerprint density at radius 3 is 0.723 bits per heavy atom. The summed E-state index contributed by atoms with van der Waals surface area (Å²) in [7, 11) is -9.91. The van der Waals surface area contributed by atoms with Crippen molar-refractivity contribution in [2.45, 2.75) is 401 Å². The molecule has 3 N–H and O–H groups in total. The van der Waals surface area contributed by atoms with Gasteiger partial charge in [-0.2, -0.15) is 0 Å². The van der Waals surface area contributed by atoms with Crippen LogP contribution in [-0.2, 0) is 65.4 Å². The molecule has 0 aromatic heterocycles. The van der Waals surface area contributed by atoms with Crippen molar-refractivity contribution in [3.63, 3.8) is 0 Å². The molecule has 2 unspecified atom stereocenters. The number of phosphoric acid groups is 2. The largest absolute Gasteiger partial charge is 0.472 e. The number of rotatable bonds is 73. The average molecular weight is 1380 g/mol. The van der Waals surface area contributed by atoms with Crippen LogP contribution in [0.4, 0.5) is 0 Å². The normalized spacial score (nSPS) is 14.1. The molecular weight excluding hydrogens is 1230 g/mol. The molecule has 0 spiro atoms. The molecule has 0 fully saturated rings. The van der Waals surface area contributed by atoms with Crippen molar-refractivity contribution in [1.29, 1.82) is 0 Å². The number of hydrogen-bond donors (Lipinski definition) is 3. The van der Waals surface area contributed by atoms with Gasteiger partial charge in [-0.15, -0.1) is 0 Å². The summed E-state index contributed by atoms with van der Waals surface area (Å²) in [6, 6.07) is 0. The first-order valence-corrected chi connectivity index (χ1v) is 41.8. The quantitative estimate of drug-likeness (QED) is 0.0222. The van der Waals surface area contributed by atoms with E-state index in [0.717, 1.165) is 108 Å². The number of aliphatic hydroxyl groups excluding tert-OH is 1. The van der Waals surface area contributed by atoms with Crippen molar-refractivity contribution >= 4 is 39.5 Å². The van der Waals surface area contributed by atoms with Crippen LogP contribution in [0.15, 0.2) is 0 Å². The number of carbonyl (C=O) groups excluding carboxylic acids is 4. The van der Waals surface area contributed by atoms with E-state index in [9.17, 15) is 43.2 Å². The molecule has 558 valence electrons. The molecule has 0 aliphatic carbocycles. The molecule has 17 nitrogen and oxygen atoms in total. The van der Waals surface area contributed by atoms with Crippen molar-refractivity contribution in [3.8, 4) is 0 Å². The Hall–Kier alpha value is -1.94. The molecule has 0 amide bonds. The van der Waals surface area contributed by atoms with Gasteiger partial charge >= 0.3 is 39.5 Å². The van der Waals surface area contributed by atoms with E-state index in [1.807, 2.05) is 0 Å². The van der Waals surface area contributed by atoms with E-state index in [1.54, 1.807) is 0 Å². The first kappa shape index (κ1) is 92.1. The highest BCUT2D eigenvalue weighted by atomic mass is 31.2. The highest BCUT2D eigenvalue weighted by molar-refractivity contribution is 7.47. The number of carbonyl (C=O) groups is 4. The first-order valence-electron chi connectivity index (χ1n) is 38.8. The van der Waals surface area contributed by atoms with Crippen LogP contribution in [0.1, 0.15) is 382 Å². The zero-order valence-electron chi connectivity index (χ0n) is 61.4. The predicted molar refractivity (Wildman–Crippen MR) is 381 cm³/mol. The average Bonchev–Trinajstić information content (AvgIpc) is 1.24. The van der Waals surface area contributed by atoms with Gasteiger partial charge in [-0.3, -0.25) is 37.3 Å². The fraction of sp³-hybridized carbons (Fsp3) is 0.947. The van der Waals surface area contributed by atoms with Crippen molar-refractivity contribution in [2.75, 3.05) is 39.6 Å². The Balaban J connectivity index is 5.26. The molecule has 0 heterocycles. The number of hydrogen-bond acceptors (Lipinski definition) is 15. The second-order valence-corrected chi connectivity index (χ2v) is 31.4. The summed E-state index contributed by atoms with van der Waals surface area (Å²) in [6.07, 6.45) is 51.3. The maximum absolute atomic E-state index is 13.1. The summed E-state index contributed by atoms with van der Waals surface area (Å²) in [4.78, 5) is 72.8. The van der Waals surface area contributed by atoms with Gasteiger partial charge < -0.3 is 33.8 Å². The summed E-state index contributed by atoms with van der Waals surface area (Å²) >= 11 is 0. The van der Waals surface area contributed by atoms with E-state index >= 15 is 0 Å². The Morgan fingerprint density at radius 1 is 0.287 bits per heavy atom. The molecule has 0 aliphatic heterocycles. The van der Waals surface area contributed by atoms with Gasteiger partial charge in [0.1, 0.15) is 19.3 Å². The molecule has 5 atom stereocenters. The summed E-state index contributed by atoms with van der Waals surface area (Å²) < 4.78 is 68.5. The Labute approximate surface area is 575 Å². The van der Waals surface area contributed by atoms with Crippen molar-refractivity contribution in [1.82, 2.24) is 0 Å². The van der Waals surface area contributed by atoms with Gasteiger partial charge in [0.2, 0.25) is 0 Å². The molecule has 0 saturated heterocycles. The van der Waals surface area contributed by atoms with Gasteiger partial charge in [0.05, 0.1) is 26.4 Å². The van der Waals surface area contributed by atoms with Crippen LogP contribution in [0.5, 0.6) is 0 Å². The summed E-state index contributed by atoms with van der Waals surface area (Å²) in [6.45, 7) is 11.9. The lowest BCUT2D eigenvalue weighted by Crippen LogP contribution is -2.30. The number of unbranched alkanes of at least 4 members (excludes halogenated alkanes) is 41. The minimum atomic E-state index is -4.96. The maximum atomic E-state index is 13.1. The van der Waals surface area contributed by atoms with E-state index < -0.39 is 97.5 Å². The number of esters is 4. The second kappa shape index (κ2) is 65.7. The van der Waals surface area contributed by atoms with E-state index in [0.29, 0.717) is 25.7 Å². The van der Waals surface area contributed by atoms with E-state index in [1.165, 1.54) is 193 Å². The third-order valence-corrected chi connectivity index (χ3v) is 19.3. The molecule has 19 heteroatoms. The monoisotopic (exact) mass is 1380 g/mol. The Morgan fingerprint density at radius 2 is 0.489 bits per heavy atom. The molecular formula is C75H146O17P2. The first-order chi connectivity index (χ1) is 45.2. The van der Waals surface area contributed by atoms with Gasteiger partial charge in [0.15, 0.2) is 12.2 Å². The molecule has 0 aromatic rings. The summed E-state index contributed by atoms with van der Waals surface area (Å²) in [5, 5.41) is 10.6. The minimum absolute atomic E-state index is 0.105. The van der Waals surface area contributed by atoms with Crippen molar-refractivity contribution < 1.29 is 80.2 Å². The fourth-order valence-corrected chi connectivity index (χ4v) is 13.0. The smallest absolute Gasteiger partial charge is 0.462 e. The Bertz CT molecular complexity index is 1840. The predicted octanol–water partition coefficient (Wildman–Crippen LogP) is 21.8. The SMILES string of the molecule is CCCCCCCCCCCCCCCCCCC(=O)O[C@H](COC(=O)CCCCCCCCCCCCCC(C)C)COP(=O)(O)OC[C@@H](O)COP(=O)(O)OC[C@@H](COC(=O)CCCCCCCCCCCC(C)C)OC(=O)CCCCCCCCCCCC(C)C. The highest BCUT2D eigenvalue weighted by Gasteiger charge is 2.30. The lowest BCUT2D eigenvalue weighted by atomic mass is 10.0. The van der Waals surface area contributed by atoms with Crippen LogP contribution in [-0.4, -0.2) is 96.7 Å². The van der Waals surface area contributed by atoms with Gasteiger partial charge in [-0.25, -0.2) is 9.13 Å². The molecule has 0 rings (SSSR count). The van der Waals surface area contributed by atoms with Crippen LogP contribution in [0.3, 0.4) is 0 Å². The lowest BCUT2D eigenvalue weighted by molar-refractivity contribution is -0.161. The van der Waals surface area contributed by atoms with Crippen molar-refractivity contribution in [3.05, 3.63) is 0 Å². The van der Waals surface area contributed by atoms with E-state index in [-0.39, 0.29) is 25.7 Å². The molecule has 0 saturated carbocycles. The number of aliphatic hydroxyl groups is 1. The van der Waals surface area contributed by atoms with Crippen LogP contribution < -0.4 is 0 Å². The van der Waals surface area contributed by atoms with Gasteiger partial charge in [0, 0.05) is 25.7 Å². The summed E-state index contributed by atoms with van der Waals surface area (Å²) in [5.74, 6) is 0.133. The Kier molecular flexibility index (Phi) is 64.3. The molecule has 0 radical (unpaired) electrons. The summed E-state index contributed by atoms with van der Waals surface area (Å²) in [5.41, 5.74) is 0. The minimum Gasteiger partial charge on any atom is -0.462 e. The van der Waals surface area contributed by atoms with E-state index in [2.05, 4.69) is 48.5 Å². The topological polar surface area (TPSA) is 237 Å². The van der Waals surface area contributed by atoms with Crippen LogP contribution in [0, 0.1) is 17.8 Å². The number of phosphoric ester groups is 2. The second-order valence-electron chi connectivity index (χ2n) is 28.5.